The van der Waals surface area contributed by atoms with E-state index in [2.05, 4.69) is 29.4 Å². The number of nitrogens with one attached hydrogen (secondary N) is 1. The molecule has 3 heterocycles. The van der Waals surface area contributed by atoms with Gasteiger partial charge in [0.1, 0.15) is 5.69 Å². The number of rotatable bonds is 5. The Morgan fingerprint density at radius 3 is 2.77 bits per heavy atom. The van der Waals surface area contributed by atoms with Gasteiger partial charge < -0.3 is 19.6 Å². The molecule has 1 aliphatic heterocycles. The third-order valence-corrected chi connectivity index (χ3v) is 8.19. The first-order chi connectivity index (χ1) is 19.3. The minimum atomic E-state index is -0.195. The average molecular weight is 549 g/mol. The van der Waals surface area contributed by atoms with Gasteiger partial charge >= 0.3 is 0 Å². The second-order valence-electron chi connectivity index (χ2n) is 11.5. The molecule has 1 atom stereocenters. The zero-order chi connectivity index (χ0) is 28.2. The normalized spacial score (nSPS) is 19.1. The first-order valence-electron chi connectivity index (χ1n) is 14.5. The van der Waals surface area contributed by atoms with E-state index in [4.69, 9.17) is 4.52 Å². The van der Waals surface area contributed by atoms with Crippen LogP contribution in [0.5, 0.6) is 0 Å². The Balaban J connectivity index is 1.36. The quantitative estimate of drug-likeness (QED) is 0.524. The Morgan fingerprint density at radius 2 is 1.95 bits per heavy atom. The van der Waals surface area contributed by atoms with E-state index in [9.17, 15) is 14.4 Å². The number of aromatic nitrogens is 3. The fraction of sp³-hybridized carbons (Fsp3) is 0.567. The number of para-hydroxylation sites is 1. The van der Waals surface area contributed by atoms with E-state index in [0.29, 0.717) is 74.8 Å². The standard InChI is InChI=1S/C30H40N6O4/c1-20(2)13-17-36-21-11-12-25-23(18-21)29(32-34(25)3)30(39)31-14-7-16-35(15-6-10-27(36)37)28(38)19-24-22-8-4-5-9-26(22)40-33-24/h4-5,8-9,20-21H,6-7,10-19H2,1-3H3,(H,31,39). The molecule has 3 aromatic rings. The minimum Gasteiger partial charge on any atom is -0.356 e. The summed E-state index contributed by atoms with van der Waals surface area (Å²) in [4.78, 5) is 44.0. The number of carbonyl (C=O) groups excluding carboxylic acids is 3. The number of benzene rings is 1. The fourth-order valence-electron chi connectivity index (χ4n) is 5.93. The highest BCUT2D eigenvalue weighted by atomic mass is 16.5. The summed E-state index contributed by atoms with van der Waals surface area (Å²) < 4.78 is 7.21. The van der Waals surface area contributed by atoms with Crippen LogP contribution < -0.4 is 5.32 Å². The summed E-state index contributed by atoms with van der Waals surface area (Å²) in [5, 5.41) is 12.5. The highest BCUT2D eigenvalue weighted by Crippen LogP contribution is 2.28. The van der Waals surface area contributed by atoms with E-state index in [-0.39, 0.29) is 30.2 Å². The summed E-state index contributed by atoms with van der Waals surface area (Å²) in [5.41, 5.74) is 3.77. The summed E-state index contributed by atoms with van der Waals surface area (Å²) in [6.07, 6.45) is 4.91. The molecular weight excluding hydrogens is 508 g/mol. The molecule has 0 fully saturated rings. The van der Waals surface area contributed by atoms with Crippen molar-refractivity contribution >= 4 is 28.7 Å². The lowest BCUT2D eigenvalue weighted by atomic mass is 9.89. The molecule has 10 heteroatoms. The Morgan fingerprint density at radius 1 is 1.15 bits per heavy atom. The molecule has 2 aromatic heterocycles. The SMILES string of the molecule is CC(C)CCN1C(=O)CCCN(C(=O)Cc2noc3ccccc23)CCCNC(=O)c2nn(C)c3c2CC1CC3. The van der Waals surface area contributed by atoms with Gasteiger partial charge in [0.25, 0.3) is 5.91 Å². The third kappa shape index (κ3) is 6.05. The molecule has 2 aliphatic rings. The fourth-order valence-corrected chi connectivity index (χ4v) is 5.93. The maximum atomic E-state index is 13.6. The van der Waals surface area contributed by atoms with Crippen LogP contribution in [-0.2, 0) is 35.9 Å². The smallest absolute Gasteiger partial charge is 0.272 e. The largest absolute Gasteiger partial charge is 0.356 e. The van der Waals surface area contributed by atoms with E-state index in [0.717, 1.165) is 35.9 Å². The monoisotopic (exact) mass is 548 g/mol. The van der Waals surface area contributed by atoms with Crippen LogP contribution in [0, 0.1) is 5.92 Å². The van der Waals surface area contributed by atoms with Gasteiger partial charge in [-0.25, -0.2) is 0 Å². The van der Waals surface area contributed by atoms with Gasteiger partial charge in [-0.15, -0.1) is 0 Å². The van der Waals surface area contributed by atoms with Crippen molar-refractivity contribution in [3.63, 3.8) is 0 Å². The Kier molecular flexibility index (Phi) is 8.52. The number of carbonyl (C=O) groups is 3. The van der Waals surface area contributed by atoms with Crippen LogP contribution in [0.1, 0.15) is 73.4 Å². The van der Waals surface area contributed by atoms with Crippen molar-refractivity contribution in [2.24, 2.45) is 13.0 Å². The zero-order valence-corrected chi connectivity index (χ0v) is 23.8. The number of aryl methyl sites for hydroxylation is 1. The second kappa shape index (κ2) is 12.2. The predicted molar refractivity (Wildman–Crippen MR) is 151 cm³/mol. The van der Waals surface area contributed by atoms with E-state index in [1.165, 1.54) is 0 Å². The summed E-state index contributed by atoms with van der Waals surface area (Å²) >= 11 is 0. The molecule has 1 aliphatic carbocycles. The molecule has 214 valence electrons. The molecular formula is C30H40N6O4. The zero-order valence-electron chi connectivity index (χ0n) is 23.8. The summed E-state index contributed by atoms with van der Waals surface area (Å²) in [5.74, 6) is 0.336. The first kappa shape index (κ1) is 27.9. The molecule has 0 spiro atoms. The molecule has 1 N–H and O–H groups in total. The van der Waals surface area contributed by atoms with Crippen molar-refractivity contribution in [2.45, 2.75) is 71.3 Å². The van der Waals surface area contributed by atoms with Crippen molar-refractivity contribution in [2.75, 3.05) is 26.2 Å². The van der Waals surface area contributed by atoms with Gasteiger partial charge in [0.15, 0.2) is 11.3 Å². The molecule has 10 nitrogen and oxygen atoms in total. The van der Waals surface area contributed by atoms with Crippen LogP contribution in [-0.4, -0.2) is 74.7 Å². The van der Waals surface area contributed by atoms with Gasteiger partial charge in [0.2, 0.25) is 11.8 Å². The predicted octanol–water partition coefficient (Wildman–Crippen LogP) is 3.28. The van der Waals surface area contributed by atoms with E-state index in [1.54, 1.807) is 4.90 Å². The van der Waals surface area contributed by atoms with Crippen molar-refractivity contribution in [3.8, 4) is 0 Å². The van der Waals surface area contributed by atoms with E-state index < -0.39 is 0 Å². The van der Waals surface area contributed by atoms with Crippen LogP contribution in [0.2, 0.25) is 0 Å². The van der Waals surface area contributed by atoms with E-state index >= 15 is 0 Å². The number of amides is 3. The number of fused-ring (bicyclic) bond motifs is 2. The summed E-state index contributed by atoms with van der Waals surface area (Å²) in [7, 11) is 1.89. The molecule has 3 amide bonds. The Bertz CT molecular complexity index is 1380. The van der Waals surface area contributed by atoms with Gasteiger partial charge in [-0.05, 0) is 56.6 Å². The van der Waals surface area contributed by atoms with Gasteiger partial charge in [0.05, 0.1) is 6.42 Å². The van der Waals surface area contributed by atoms with Crippen molar-refractivity contribution in [1.82, 2.24) is 30.1 Å². The van der Waals surface area contributed by atoms with Crippen LogP contribution in [0.3, 0.4) is 0 Å². The van der Waals surface area contributed by atoms with Gasteiger partial charge in [0, 0.05) is 62.3 Å². The molecule has 0 saturated heterocycles. The highest BCUT2D eigenvalue weighted by molar-refractivity contribution is 5.94. The average Bonchev–Trinajstić information content (AvgIpc) is 3.49. The van der Waals surface area contributed by atoms with Crippen molar-refractivity contribution < 1.29 is 18.9 Å². The molecule has 40 heavy (non-hydrogen) atoms. The molecule has 2 bridgehead atoms. The molecule has 1 unspecified atom stereocenters. The van der Waals surface area contributed by atoms with Gasteiger partial charge in [-0.2, -0.15) is 5.10 Å². The number of hydrogen-bond donors (Lipinski definition) is 1. The van der Waals surface area contributed by atoms with Gasteiger partial charge in [-0.1, -0.05) is 31.1 Å². The van der Waals surface area contributed by atoms with Crippen LogP contribution in [0.25, 0.3) is 11.0 Å². The topological polar surface area (TPSA) is 114 Å². The number of nitrogens with zero attached hydrogens (tertiary/aromatic N) is 5. The highest BCUT2D eigenvalue weighted by Gasteiger charge is 2.33. The van der Waals surface area contributed by atoms with Crippen molar-refractivity contribution in [3.05, 3.63) is 46.9 Å². The summed E-state index contributed by atoms with van der Waals surface area (Å²) in [6, 6.07) is 7.55. The lowest BCUT2D eigenvalue weighted by Crippen LogP contribution is -2.45. The lowest BCUT2D eigenvalue weighted by molar-refractivity contribution is -0.135. The maximum Gasteiger partial charge on any atom is 0.272 e. The lowest BCUT2D eigenvalue weighted by Gasteiger charge is -2.35. The minimum absolute atomic E-state index is 0.0396. The van der Waals surface area contributed by atoms with Crippen LogP contribution >= 0.6 is 0 Å². The second-order valence-corrected chi connectivity index (χ2v) is 11.5. The van der Waals surface area contributed by atoms with Crippen LogP contribution in [0.4, 0.5) is 0 Å². The molecule has 0 radical (unpaired) electrons. The molecule has 0 saturated carbocycles. The number of hydrogen-bond acceptors (Lipinski definition) is 6. The first-order valence-corrected chi connectivity index (χ1v) is 14.5. The maximum absolute atomic E-state index is 13.6. The Labute approximate surface area is 235 Å². The molecule has 1 aromatic carbocycles. The van der Waals surface area contributed by atoms with Crippen molar-refractivity contribution in [1.29, 1.82) is 0 Å². The molecule has 5 rings (SSSR count). The van der Waals surface area contributed by atoms with E-state index in [1.807, 2.05) is 40.9 Å². The Hall–Kier alpha value is -3.69. The summed E-state index contributed by atoms with van der Waals surface area (Å²) in [6.45, 7) is 6.42. The van der Waals surface area contributed by atoms with Crippen LogP contribution in [0.15, 0.2) is 28.8 Å². The van der Waals surface area contributed by atoms with Gasteiger partial charge in [-0.3, -0.25) is 19.1 Å². The third-order valence-electron chi connectivity index (χ3n) is 8.19.